The molecule has 0 unspecified atom stereocenters. The van der Waals surface area contributed by atoms with Crippen LogP contribution in [0.5, 0.6) is 0 Å². The molecule has 0 amide bonds. The standard InChI is InChI=1S/C6H5BrNO5P/c7-5-3-4(8(9)10)1-2-6(5)14(11,12)13/h1-3H,(H2,11,12,13). The molecule has 0 saturated carbocycles. The number of halogens is 1. The minimum absolute atomic E-state index is 0.0278. The van der Waals surface area contributed by atoms with E-state index in [1.807, 2.05) is 0 Å². The van der Waals surface area contributed by atoms with Crippen molar-refractivity contribution < 1.29 is 19.3 Å². The van der Waals surface area contributed by atoms with Gasteiger partial charge in [-0.1, -0.05) is 0 Å². The highest BCUT2D eigenvalue weighted by atomic mass is 79.9. The van der Waals surface area contributed by atoms with Crippen LogP contribution in [0.15, 0.2) is 22.7 Å². The molecule has 0 fully saturated rings. The van der Waals surface area contributed by atoms with Gasteiger partial charge in [0.05, 0.1) is 10.2 Å². The van der Waals surface area contributed by atoms with E-state index in [1.165, 1.54) is 0 Å². The Morgan fingerprint density at radius 1 is 1.43 bits per heavy atom. The molecule has 6 nitrogen and oxygen atoms in total. The van der Waals surface area contributed by atoms with E-state index in [0.29, 0.717) is 0 Å². The predicted octanol–water partition coefficient (Wildman–Crippen LogP) is 1.16. The summed E-state index contributed by atoms with van der Waals surface area (Å²) in [5.41, 5.74) is -0.228. The molecule has 14 heavy (non-hydrogen) atoms. The van der Waals surface area contributed by atoms with Gasteiger partial charge in [-0.3, -0.25) is 14.7 Å². The zero-order valence-corrected chi connectivity index (χ0v) is 9.10. The maximum Gasteiger partial charge on any atom is 0.357 e. The Kier molecular flexibility index (Phi) is 3.06. The van der Waals surface area contributed by atoms with Crippen LogP contribution in [0.4, 0.5) is 5.69 Å². The second kappa shape index (κ2) is 3.78. The Morgan fingerprint density at radius 3 is 2.36 bits per heavy atom. The molecule has 0 saturated heterocycles. The van der Waals surface area contributed by atoms with Crippen LogP contribution < -0.4 is 5.30 Å². The van der Waals surface area contributed by atoms with Gasteiger partial charge in [-0.25, -0.2) is 0 Å². The molecule has 1 aromatic carbocycles. The first kappa shape index (κ1) is 11.3. The molecule has 8 heteroatoms. The third kappa shape index (κ3) is 2.39. The van der Waals surface area contributed by atoms with Gasteiger partial charge in [0.1, 0.15) is 0 Å². The summed E-state index contributed by atoms with van der Waals surface area (Å²) in [6.07, 6.45) is 0. The summed E-state index contributed by atoms with van der Waals surface area (Å²) in [5.74, 6) is 0. The van der Waals surface area contributed by atoms with E-state index in [4.69, 9.17) is 9.79 Å². The van der Waals surface area contributed by atoms with Crippen LogP contribution >= 0.6 is 23.5 Å². The van der Waals surface area contributed by atoms with Crippen LogP contribution in [0.25, 0.3) is 0 Å². The first-order chi connectivity index (χ1) is 6.32. The second-order valence-corrected chi connectivity index (χ2v) is 4.86. The summed E-state index contributed by atoms with van der Waals surface area (Å²) in [6.45, 7) is 0. The summed E-state index contributed by atoms with van der Waals surface area (Å²) in [5, 5.41) is 10.0. The number of nitro benzene ring substituents is 1. The third-order valence-electron chi connectivity index (χ3n) is 1.46. The molecule has 1 aromatic rings. The topological polar surface area (TPSA) is 101 Å². The first-order valence-corrected chi connectivity index (χ1v) is 5.73. The molecule has 0 atom stereocenters. The van der Waals surface area contributed by atoms with Gasteiger partial charge < -0.3 is 9.79 Å². The lowest BCUT2D eigenvalue weighted by Gasteiger charge is -2.05. The van der Waals surface area contributed by atoms with Crippen molar-refractivity contribution in [1.29, 1.82) is 0 Å². The van der Waals surface area contributed by atoms with Gasteiger partial charge in [0.2, 0.25) is 0 Å². The highest BCUT2D eigenvalue weighted by molar-refractivity contribution is 9.10. The van der Waals surface area contributed by atoms with Crippen molar-refractivity contribution in [3.8, 4) is 0 Å². The van der Waals surface area contributed by atoms with E-state index in [1.54, 1.807) is 0 Å². The van der Waals surface area contributed by atoms with Crippen LogP contribution in [-0.2, 0) is 4.57 Å². The maximum atomic E-state index is 10.8. The fraction of sp³-hybridized carbons (Fsp3) is 0. The lowest BCUT2D eigenvalue weighted by Crippen LogP contribution is -2.06. The fourth-order valence-electron chi connectivity index (χ4n) is 0.846. The summed E-state index contributed by atoms with van der Waals surface area (Å²) in [6, 6.07) is 3.12. The first-order valence-electron chi connectivity index (χ1n) is 3.32. The minimum atomic E-state index is -4.38. The molecule has 0 heterocycles. The average molecular weight is 282 g/mol. The van der Waals surface area contributed by atoms with Crippen molar-refractivity contribution >= 4 is 34.5 Å². The predicted molar refractivity (Wildman–Crippen MR) is 52.5 cm³/mol. The van der Waals surface area contributed by atoms with Gasteiger partial charge in [0, 0.05) is 16.6 Å². The lowest BCUT2D eigenvalue weighted by molar-refractivity contribution is -0.384. The quantitative estimate of drug-likeness (QED) is 0.481. The summed E-state index contributed by atoms with van der Waals surface area (Å²) >= 11 is 2.85. The molecule has 0 spiro atoms. The van der Waals surface area contributed by atoms with E-state index in [9.17, 15) is 14.7 Å². The Labute approximate surface area is 87.0 Å². The Bertz CT molecular complexity index is 428. The Balaban J connectivity index is 3.28. The molecule has 0 aromatic heterocycles. The number of nitro groups is 1. The number of benzene rings is 1. The molecular weight excluding hydrogens is 277 g/mol. The molecule has 2 N–H and O–H groups in total. The van der Waals surface area contributed by atoms with Crippen molar-refractivity contribution in [2.24, 2.45) is 0 Å². The monoisotopic (exact) mass is 281 g/mol. The molecule has 1 rings (SSSR count). The van der Waals surface area contributed by atoms with Crippen molar-refractivity contribution in [3.63, 3.8) is 0 Å². The molecule has 0 aliphatic rings. The van der Waals surface area contributed by atoms with Gasteiger partial charge in [0.15, 0.2) is 0 Å². The largest absolute Gasteiger partial charge is 0.357 e. The number of rotatable bonds is 2. The average Bonchev–Trinajstić information content (AvgIpc) is 2.01. The number of nitrogens with zero attached hydrogens (tertiary/aromatic N) is 1. The van der Waals surface area contributed by atoms with Gasteiger partial charge in [0.25, 0.3) is 5.69 Å². The van der Waals surface area contributed by atoms with Crippen LogP contribution in [0, 0.1) is 10.1 Å². The molecule has 0 bridgehead atoms. The zero-order chi connectivity index (χ0) is 10.9. The second-order valence-electron chi connectivity index (χ2n) is 2.44. The van der Waals surface area contributed by atoms with Crippen molar-refractivity contribution in [3.05, 3.63) is 32.8 Å². The van der Waals surface area contributed by atoms with E-state index in [-0.39, 0.29) is 15.5 Å². The Morgan fingerprint density at radius 2 is 2.00 bits per heavy atom. The van der Waals surface area contributed by atoms with Crippen LogP contribution in [0.1, 0.15) is 0 Å². The SMILES string of the molecule is O=[N+]([O-])c1ccc(P(=O)(O)O)c(Br)c1. The fourth-order valence-corrected chi connectivity index (χ4v) is 2.52. The summed E-state index contributed by atoms with van der Waals surface area (Å²) < 4.78 is 10.9. The number of non-ortho nitro benzene ring substituents is 1. The minimum Gasteiger partial charge on any atom is -0.321 e. The van der Waals surface area contributed by atoms with Crippen molar-refractivity contribution in [2.45, 2.75) is 0 Å². The maximum absolute atomic E-state index is 10.8. The van der Waals surface area contributed by atoms with E-state index in [2.05, 4.69) is 15.9 Å². The highest BCUT2D eigenvalue weighted by Crippen LogP contribution is 2.37. The summed E-state index contributed by atoms with van der Waals surface area (Å²) in [4.78, 5) is 27.3. The summed E-state index contributed by atoms with van der Waals surface area (Å²) in [7, 11) is -4.38. The van der Waals surface area contributed by atoms with Gasteiger partial charge in [-0.15, -0.1) is 0 Å². The Hall–Kier alpha value is -0.750. The van der Waals surface area contributed by atoms with E-state index >= 15 is 0 Å². The van der Waals surface area contributed by atoms with Crippen LogP contribution in [-0.4, -0.2) is 14.7 Å². The van der Waals surface area contributed by atoms with Crippen LogP contribution in [0.2, 0.25) is 0 Å². The highest BCUT2D eigenvalue weighted by Gasteiger charge is 2.22. The van der Waals surface area contributed by atoms with E-state index < -0.39 is 12.5 Å². The number of hydrogen-bond acceptors (Lipinski definition) is 3. The third-order valence-corrected chi connectivity index (χ3v) is 3.44. The molecular formula is C6H5BrNO5P. The smallest absolute Gasteiger partial charge is 0.321 e. The zero-order valence-electron chi connectivity index (χ0n) is 6.62. The number of hydrogen-bond donors (Lipinski definition) is 2. The van der Waals surface area contributed by atoms with E-state index in [0.717, 1.165) is 18.2 Å². The van der Waals surface area contributed by atoms with Crippen LogP contribution in [0.3, 0.4) is 0 Å². The molecule has 0 radical (unpaired) electrons. The normalized spacial score (nSPS) is 11.4. The van der Waals surface area contributed by atoms with Crippen molar-refractivity contribution in [1.82, 2.24) is 0 Å². The molecule has 76 valence electrons. The molecule has 0 aliphatic carbocycles. The lowest BCUT2D eigenvalue weighted by atomic mass is 10.3. The van der Waals surface area contributed by atoms with Gasteiger partial charge in [-0.05, 0) is 22.0 Å². The van der Waals surface area contributed by atoms with Gasteiger partial charge in [-0.2, -0.15) is 0 Å². The molecule has 0 aliphatic heterocycles. The van der Waals surface area contributed by atoms with Gasteiger partial charge >= 0.3 is 7.60 Å². The van der Waals surface area contributed by atoms with Crippen molar-refractivity contribution in [2.75, 3.05) is 0 Å².